The molecule has 0 bridgehead atoms. The van der Waals surface area contributed by atoms with Gasteiger partial charge in [-0.1, -0.05) is 18.2 Å². The van der Waals surface area contributed by atoms with Crippen LogP contribution in [0, 0.1) is 5.82 Å². The van der Waals surface area contributed by atoms with Gasteiger partial charge >= 0.3 is 17.8 Å². The highest BCUT2D eigenvalue weighted by Gasteiger charge is 2.29. The summed E-state index contributed by atoms with van der Waals surface area (Å²) in [5, 5.41) is 6.29. The number of hydrogen-bond donors (Lipinski definition) is 2. The number of hydrazone groups is 1. The van der Waals surface area contributed by atoms with Gasteiger partial charge in [-0.15, -0.1) is 11.3 Å². The summed E-state index contributed by atoms with van der Waals surface area (Å²) >= 11 is 1.26. The van der Waals surface area contributed by atoms with Crippen molar-refractivity contribution in [2.45, 2.75) is 19.3 Å². The van der Waals surface area contributed by atoms with Crippen LogP contribution in [0.2, 0.25) is 0 Å². The van der Waals surface area contributed by atoms with Crippen LogP contribution >= 0.6 is 11.3 Å². The molecule has 1 aromatic heterocycles. The summed E-state index contributed by atoms with van der Waals surface area (Å²) in [4.78, 5) is 37.0. The number of aryl methyl sites for hydroxylation is 1. The number of esters is 1. The molecule has 0 aliphatic heterocycles. The molecule has 0 radical (unpaired) electrons. The Morgan fingerprint density at radius 3 is 2.74 bits per heavy atom. The van der Waals surface area contributed by atoms with Gasteiger partial charge in [0.15, 0.2) is 0 Å². The first kappa shape index (κ1) is 18.7. The van der Waals surface area contributed by atoms with Crippen molar-refractivity contribution in [3.8, 4) is 0 Å². The number of carbonyl (C=O) groups is 3. The maximum absolute atomic E-state index is 13.5. The van der Waals surface area contributed by atoms with Crippen molar-refractivity contribution in [3.63, 3.8) is 0 Å². The van der Waals surface area contributed by atoms with Crippen molar-refractivity contribution in [2.24, 2.45) is 5.10 Å². The first-order valence-electron chi connectivity index (χ1n) is 8.13. The fraction of sp³-hybridized carbons (Fsp3) is 0.222. The minimum Gasteiger partial charge on any atom is -0.465 e. The number of fused-ring (bicyclic) bond motifs is 1. The average molecular weight is 389 g/mol. The molecule has 1 heterocycles. The van der Waals surface area contributed by atoms with E-state index in [-0.39, 0.29) is 10.6 Å². The van der Waals surface area contributed by atoms with Gasteiger partial charge in [0, 0.05) is 10.4 Å². The lowest BCUT2D eigenvalue weighted by atomic mass is 10.1. The average Bonchev–Trinajstić information content (AvgIpc) is 3.23. The number of halogens is 1. The van der Waals surface area contributed by atoms with E-state index in [0.29, 0.717) is 5.56 Å². The number of rotatable bonds is 4. The number of benzene rings is 1. The number of ether oxygens (including phenoxy) is 1. The molecule has 2 amide bonds. The number of methoxy groups -OCH3 is 1. The lowest BCUT2D eigenvalue weighted by Gasteiger charge is -2.06. The summed E-state index contributed by atoms with van der Waals surface area (Å²) in [5.74, 6) is -3.07. The van der Waals surface area contributed by atoms with Crippen LogP contribution < -0.4 is 10.7 Å². The van der Waals surface area contributed by atoms with Crippen LogP contribution in [0.15, 0.2) is 29.4 Å². The highest BCUT2D eigenvalue weighted by atomic mass is 32.1. The summed E-state index contributed by atoms with van der Waals surface area (Å²) < 4.78 is 18.3. The summed E-state index contributed by atoms with van der Waals surface area (Å²) in [6, 6.07) is 5.86. The van der Waals surface area contributed by atoms with E-state index in [1.54, 1.807) is 6.07 Å². The van der Waals surface area contributed by atoms with Crippen LogP contribution in [0.5, 0.6) is 0 Å². The van der Waals surface area contributed by atoms with Crippen LogP contribution in [-0.2, 0) is 27.2 Å². The molecule has 2 N–H and O–H groups in total. The molecule has 2 aromatic rings. The Hall–Kier alpha value is -3.07. The van der Waals surface area contributed by atoms with Crippen molar-refractivity contribution >= 4 is 40.3 Å². The normalized spacial score (nSPS) is 12.7. The van der Waals surface area contributed by atoms with Crippen LogP contribution in [0.4, 0.5) is 9.39 Å². The zero-order valence-corrected chi connectivity index (χ0v) is 15.2. The minimum atomic E-state index is -1.04. The van der Waals surface area contributed by atoms with Crippen LogP contribution in [0.25, 0.3) is 0 Å². The summed E-state index contributed by atoms with van der Waals surface area (Å²) in [6.45, 7) is 0. The van der Waals surface area contributed by atoms with Crippen molar-refractivity contribution in [3.05, 3.63) is 51.7 Å². The van der Waals surface area contributed by atoms with E-state index < -0.39 is 23.6 Å². The minimum absolute atomic E-state index is 0.167. The molecule has 0 saturated carbocycles. The van der Waals surface area contributed by atoms with E-state index >= 15 is 0 Å². The third kappa shape index (κ3) is 4.03. The monoisotopic (exact) mass is 389 g/mol. The standard InChI is InChI=1S/C18H16FN3O4S/c1-26-18(25)14-11-6-4-8-13(11)27-17(14)21-15(23)16(24)22-20-9-10-5-2-3-7-12(10)19/h2-3,5,7,9H,4,6,8H2,1H3,(H,21,23)(H,22,24)/b20-9+. The summed E-state index contributed by atoms with van der Waals surface area (Å²) in [5.41, 5.74) is 3.36. The largest absolute Gasteiger partial charge is 0.465 e. The predicted molar refractivity (Wildman–Crippen MR) is 98.4 cm³/mol. The Morgan fingerprint density at radius 2 is 2.00 bits per heavy atom. The number of hydrogen-bond acceptors (Lipinski definition) is 6. The van der Waals surface area contributed by atoms with E-state index in [9.17, 15) is 18.8 Å². The summed E-state index contributed by atoms with van der Waals surface area (Å²) in [7, 11) is 1.26. The molecule has 9 heteroatoms. The van der Waals surface area contributed by atoms with Crippen LogP contribution in [0.1, 0.15) is 32.8 Å². The van der Waals surface area contributed by atoms with Gasteiger partial charge in [0.05, 0.1) is 18.9 Å². The van der Waals surface area contributed by atoms with Crippen molar-refractivity contribution in [2.75, 3.05) is 12.4 Å². The van der Waals surface area contributed by atoms with E-state index in [1.807, 2.05) is 5.43 Å². The van der Waals surface area contributed by atoms with Crippen LogP contribution in [-0.4, -0.2) is 31.1 Å². The van der Waals surface area contributed by atoms with E-state index in [4.69, 9.17) is 4.74 Å². The highest BCUT2D eigenvalue weighted by molar-refractivity contribution is 7.17. The number of amides is 2. The molecule has 0 saturated heterocycles. The number of nitrogens with one attached hydrogen (secondary N) is 2. The highest BCUT2D eigenvalue weighted by Crippen LogP contribution is 2.39. The zero-order chi connectivity index (χ0) is 19.4. The van der Waals surface area contributed by atoms with Gasteiger partial charge in [-0.25, -0.2) is 14.6 Å². The fourth-order valence-electron chi connectivity index (χ4n) is 2.76. The van der Waals surface area contributed by atoms with Gasteiger partial charge < -0.3 is 10.1 Å². The molecule has 0 spiro atoms. The van der Waals surface area contributed by atoms with Gasteiger partial charge in [0.2, 0.25) is 0 Å². The molecule has 0 fully saturated rings. The van der Waals surface area contributed by atoms with Crippen molar-refractivity contribution in [1.29, 1.82) is 0 Å². The maximum Gasteiger partial charge on any atom is 0.341 e. The van der Waals surface area contributed by atoms with Crippen molar-refractivity contribution in [1.82, 2.24) is 5.43 Å². The molecule has 27 heavy (non-hydrogen) atoms. The zero-order valence-electron chi connectivity index (χ0n) is 14.4. The second kappa shape index (κ2) is 8.09. The fourth-order valence-corrected chi connectivity index (χ4v) is 4.03. The Balaban J connectivity index is 1.68. The second-order valence-corrected chi connectivity index (χ2v) is 6.83. The van der Waals surface area contributed by atoms with Gasteiger partial charge in [0.1, 0.15) is 10.8 Å². The van der Waals surface area contributed by atoms with Crippen LogP contribution in [0.3, 0.4) is 0 Å². The number of anilines is 1. The van der Waals surface area contributed by atoms with E-state index in [2.05, 4.69) is 10.4 Å². The molecule has 1 aliphatic carbocycles. The topological polar surface area (TPSA) is 96.9 Å². The Morgan fingerprint density at radius 1 is 1.22 bits per heavy atom. The molecule has 0 atom stereocenters. The first-order valence-corrected chi connectivity index (χ1v) is 8.94. The second-order valence-electron chi connectivity index (χ2n) is 5.73. The molecule has 1 aliphatic rings. The Labute approximate surface area is 158 Å². The third-order valence-corrected chi connectivity index (χ3v) is 5.23. The Bertz CT molecular complexity index is 939. The lowest BCUT2D eigenvalue weighted by molar-refractivity contribution is -0.136. The first-order chi connectivity index (χ1) is 13.0. The van der Waals surface area contributed by atoms with Gasteiger partial charge in [-0.2, -0.15) is 5.10 Å². The molecule has 1 aromatic carbocycles. The molecular formula is C18H16FN3O4S. The maximum atomic E-state index is 13.5. The number of carbonyl (C=O) groups excluding carboxylic acids is 3. The molecular weight excluding hydrogens is 373 g/mol. The van der Waals surface area contributed by atoms with Crippen molar-refractivity contribution < 1.29 is 23.5 Å². The Kier molecular flexibility index (Phi) is 5.60. The lowest BCUT2D eigenvalue weighted by Crippen LogP contribution is -2.32. The third-order valence-electron chi connectivity index (χ3n) is 4.02. The molecule has 7 nitrogen and oxygen atoms in total. The SMILES string of the molecule is COC(=O)c1c(NC(=O)C(=O)N/N=C/c2ccccc2F)sc2c1CCC2. The van der Waals surface area contributed by atoms with Gasteiger partial charge in [-0.05, 0) is 30.9 Å². The smallest absolute Gasteiger partial charge is 0.341 e. The summed E-state index contributed by atoms with van der Waals surface area (Å²) in [6.07, 6.45) is 3.58. The number of thiophene rings is 1. The van der Waals surface area contributed by atoms with Gasteiger partial charge in [0.25, 0.3) is 0 Å². The molecule has 0 unspecified atom stereocenters. The quantitative estimate of drug-likeness (QED) is 0.363. The van der Waals surface area contributed by atoms with E-state index in [0.717, 1.165) is 35.9 Å². The van der Waals surface area contributed by atoms with Gasteiger partial charge in [-0.3, -0.25) is 9.59 Å². The molecule has 140 valence electrons. The van der Waals surface area contributed by atoms with E-state index in [1.165, 1.54) is 36.6 Å². The number of nitrogens with zero attached hydrogens (tertiary/aromatic N) is 1. The molecule has 3 rings (SSSR count). The predicted octanol–water partition coefficient (Wildman–Crippen LogP) is 2.25.